The lowest BCUT2D eigenvalue weighted by Gasteiger charge is -2.46. The lowest BCUT2D eigenvalue weighted by Crippen LogP contribution is -2.67. The fourth-order valence-corrected chi connectivity index (χ4v) is 5.84. The zero-order chi connectivity index (χ0) is 33.1. The molecule has 2 aromatic rings. The normalized spacial score (nSPS) is 18.7. The van der Waals surface area contributed by atoms with Crippen molar-refractivity contribution >= 4 is 17.8 Å². The predicted molar refractivity (Wildman–Crippen MR) is 172 cm³/mol. The molecule has 1 N–H and O–H groups in total. The van der Waals surface area contributed by atoms with E-state index in [2.05, 4.69) is 5.32 Å². The Bertz CT molecular complexity index is 1290. The average molecular weight is 627 g/mol. The van der Waals surface area contributed by atoms with Gasteiger partial charge >= 0.3 is 12.0 Å². The topological polar surface area (TPSA) is 113 Å². The van der Waals surface area contributed by atoms with Crippen molar-refractivity contribution < 1.29 is 38.1 Å². The second-order valence-corrected chi connectivity index (χ2v) is 11.2. The predicted octanol–water partition coefficient (Wildman–Crippen LogP) is 6.35. The number of nitrogens with zero attached hydrogens (tertiary/aromatic N) is 1. The van der Waals surface area contributed by atoms with Gasteiger partial charge in [-0.25, -0.2) is 9.59 Å². The fraction of sp³-hybridized carbons (Fsp3) is 0.571. The molecule has 0 saturated heterocycles. The van der Waals surface area contributed by atoms with E-state index in [4.69, 9.17) is 23.7 Å². The number of carbonyl (C=O) groups is 3. The van der Waals surface area contributed by atoms with E-state index in [1.807, 2.05) is 77.9 Å². The molecular weight excluding hydrogens is 576 g/mol. The summed E-state index contributed by atoms with van der Waals surface area (Å²) < 4.78 is 29.2. The molecule has 45 heavy (non-hydrogen) atoms. The van der Waals surface area contributed by atoms with E-state index in [0.29, 0.717) is 49.7 Å². The van der Waals surface area contributed by atoms with E-state index in [0.717, 1.165) is 16.7 Å². The number of urea groups is 1. The van der Waals surface area contributed by atoms with Crippen molar-refractivity contribution in [1.29, 1.82) is 0 Å². The van der Waals surface area contributed by atoms with Crippen LogP contribution in [0.15, 0.2) is 36.4 Å². The highest BCUT2D eigenvalue weighted by molar-refractivity contribution is 6.00. The Morgan fingerprint density at radius 2 is 1.64 bits per heavy atom. The summed E-state index contributed by atoms with van der Waals surface area (Å²) in [7, 11) is 0. The first-order valence-electron chi connectivity index (χ1n) is 16.0. The number of hydrogen-bond donors (Lipinski definition) is 1. The number of rotatable bonds is 17. The highest BCUT2D eigenvalue weighted by Gasteiger charge is 2.54. The quantitative estimate of drug-likeness (QED) is 0.160. The number of carbonyl (C=O) groups excluding carboxylic acids is 3. The van der Waals surface area contributed by atoms with Gasteiger partial charge in [-0.15, -0.1) is 0 Å². The molecule has 0 aliphatic heterocycles. The Balaban J connectivity index is 1.99. The molecule has 10 nitrogen and oxygen atoms in total. The molecule has 1 aliphatic carbocycles. The van der Waals surface area contributed by atoms with Crippen LogP contribution in [0.5, 0.6) is 11.5 Å². The van der Waals surface area contributed by atoms with Crippen LogP contribution in [0.3, 0.4) is 0 Å². The molecule has 2 amide bonds. The summed E-state index contributed by atoms with van der Waals surface area (Å²) in [5.41, 5.74) is 1.70. The molecule has 0 heterocycles. The molecule has 0 spiro atoms. The Labute approximate surface area is 267 Å². The van der Waals surface area contributed by atoms with E-state index in [1.54, 1.807) is 11.8 Å². The van der Waals surface area contributed by atoms with Crippen LogP contribution in [0.25, 0.3) is 0 Å². The number of esters is 1. The van der Waals surface area contributed by atoms with Gasteiger partial charge < -0.3 is 33.9 Å². The largest absolute Gasteiger partial charge is 0.493 e. The van der Waals surface area contributed by atoms with E-state index < -0.39 is 23.6 Å². The number of ketones is 1. The number of Topliss-reactive ketones (excluding diaryl/α,β-unsaturated/α-hetero) is 1. The van der Waals surface area contributed by atoms with Gasteiger partial charge in [0.05, 0.1) is 44.7 Å². The summed E-state index contributed by atoms with van der Waals surface area (Å²) in [6.45, 7) is 16.4. The number of ether oxygens (including phenoxy) is 5. The molecule has 2 atom stereocenters. The number of hydrogen-bond acceptors (Lipinski definition) is 8. The van der Waals surface area contributed by atoms with Crippen molar-refractivity contribution in [2.45, 2.75) is 92.0 Å². The minimum atomic E-state index is -1.19. The minimum Gasteiger partial charge on any atom is -0.493 e. The van der Waals surface area contributed by atoms with Gasteiger partial charge in [0.1, 0.15) is 22.6 Å². The second kappa shape index (κ2) is 16.6. The van der Waals surface area contributed by atoms with E-state index in [9.17, 15) is 14.4 Å². The van der Waals surface area contributed by atoms with Gasteiger partial charge in [0.2, 0.25) is 0 Å². The fourth-order valence-electron chi connectivity index (χ4n) is 5.84. The summed E-state index contributed by atoms with van der Waals surface area (Å²) in [6, 6.07) is 10.7. The van der Waals surface area contributed by atoms with Gasteiger partial charge in [-0.05, 0) is 78.1 Å². The highest BCUT2D eigenvalue weighted by atomic mass is 16.5. The van der Waals surface area contributed by atoms with E-state index >= 15 is 0 Å². The van der Waals surface area contributed by atoms with Crippen molar-refractivity contribution in [3.8, 4) is 11.5 Å². The monoisotopic (exact) mass is 626 g/mol. The van der Waals surface area contributed by atoms with Gasteiger partial charge in [-0.3, -0.25) is 4.79 Å². The second-order valence-electron chi connectivity index (χ2n) is 11.2. The Morgan fingerprint density at radius 3 is 2.22 bits per heavy atom. The third kappa shape index (κ3) is 8.55. The van der Waals surface area contributed by atoms with Crippen LogP contribution in [0.4, 0.5) is 4.79 Å². The lowest BCUT2D eigenvalue weighted by atomic mass is 9.74. The molecule has 3 rings (SSSR count). The van der Waals surface area contributed by atoms with Crippen LogP contribution >= 0.6 is 0 Å². The molecule has 248 valence electrons. The Kier molecular flexibility index (Phi) is 13.2. The average Bonchev–Trinajstić information content (AvgIpc) is 2.99. The van der Waals surface area contributed by atoms with Crippen molar-refractivity contribution in [1.82, 2.24) is 10.2 Å². The number of nitrogens with one attached hydrogen (secondary N) is 1. The van der Waals surface area contributed by atoms with Crippen molar-refractivity contribution in [2.24, 2.45) is 0 Å². The summed E-state index contributed by atoms with van der Waals surface area (Å²) in [4.78, 5) is 41.7. The Hall–Kier alpha value is -3.63. The molecule has 10 heteroatoms. The minimum absolute atomic E-state index is 0.149. The summed E-state index contributed by atoms with van der Waals surface area (Å²) in [5, 5.41) is 3.01. The SMILES string of the molecule is CCOC(=O)C1(NC(=O)N(CCO[C@@H](C)c2ccccc2)[C@H](C)c2cc(OCC)c(C(C)=O)c(OCC)c2C)CC(OCC)C1. The van der Waals surface area contributed by atoms with Crippen LogP contribution in [-0.4, -0.2) is 73.9 Å². The van der Waals surface area contributed by atoms with Gasteiger partial charge in [0, 0.05) is 26.0 Å². The van der Waals surface area contributed by atoms with Crippen LogP contribution < -0.4 is 14.8 Å². The third-order valence-electron chi connectivity index (χ3n) is 8.19. The molecule has 1 aliphatic rings. The summed E-state index contributed by atoms with van der Waals surface area (Å²) in [6.07, 6.45) is 0.306. The van der Waals surface area contributed by atoms with Crippen molar-refractivity contribution in [2.75, 3.05) is 39.6 Å². The first-order valence-corrected chi connectivity index (χ1v) is 16.0. The van der Waals surface area contributed by atoms with Gasteiger partial charge in [0.25, 0.3) is 0 Å². The molecule has 1 fully saturated rings. The molecular formula is C35H50N2O8. The van der Waals surface area contributed by atoms with Crippen molar-refractivity contribution in [3.63, 3.8) is 0 Å². The Morgan fingerprint density at radius 1 is 0.978 bits per heavy atom. The molecule has 2 aromatic carbocycles. The van der Waals surface area contributed by atoms with Gasteiger partial charge in [0.15, 0.2) is 5.78 Å². The van der Waals surface area contributed by atoms with E-state index in [-0.39, 0.29) is 37.7 Å². The van der Waals surface area contributed by atoms with Crippen LogP contribution in [-0.2, 0) is 19.0 Å². The maximum absolute atomic E-state index is 14.2. The molecule has 0 unspecified atom stereocenters. The molecule has 0 bridgehead atoms. The summed E-state index contributed by atoms with van der Waals surface area (Å²) in [5.74, 6) is 0.188. The smallest absolute Gasteiger partial charge is 0.332 e. The zero-order valence-electron chi connectivity index (χ0n) is 28.1. The van der Waals surface area contributed by atoms with Crippen molar-refractivity contribution in [3.05, 3.63) is 58.7 Å². The number of amides is 2. The maximum Gasteiger partial charge on any atom is 0.332 e. The first-order chi connectivity index (χ1) is 21.5. The van der Waals surface area contributed by atoms with Crippen LogP contribution in [0.1, 0.15) is 101 Å². The highest BCUT2D eigenvalue weighted by Crippen LogP contribution is 2.40. The van der Waals surface area contributed by atoms with Crippen LogP contribution in [0.2, 0.25) is 0 Å². The van der Waals surface area contributed by atoms with E-state index in [1.165, 1.54) is 6.92 Å². The summed E-state index contributed by atoms with van der Waals surface area (Å²) >= 11 is 0. The molecule has 0 radical (unpaired) electrons. The molecule has 1 saturated carbocycles. The standard InChI is InChI=1S/C35H50N2O8/c1-9-41-28-21-35(22-28,33(39)44-12-4)36-34(40)37(18-19-45-26(8)27-16-14-13-15-17-27)24(6)29-20-30(42-10-2)31(25(7)38)32(23(29)5)43-11-3/h13-17,20,24,26,28H,9-12,18-19,21-22H2,1-8H3,(H,36,40)/t24-,26+,28?,35?/m1/s1. The van der Waals surface area contributed by atoms with Gasteiger partial charge in [-0.2, -0.15) is 0 Å². The first kappa shape index (κ1) is 35.8. The zero-order valence-corrected chi connectivity index (χ0v) is 28.1. The number of benzene rings is 2. The molecule has 0 aromatic heterocycles. The van der Waals surface area contributed by atoms with Crippen LogP contribution in [0, 0.1) is 6.92 Å². The van der Waals surface area contributed by atoms with Gasteiger partial charge in [-0.1, -0.05) is 30.3 Å². The lowest BCUT2D eigenvalue weighted by molar-refractivity contribution is -0.163. The maximum atomic E-state index is 14.2. The third-order valence-corrected chi connectivity index (χ3v) is 8.19.